The first-order valence-corrected chi connectivity index (χ1v) is 5.57. The molecule has 0 bridgehead atoms. The van der Waals surface area contributed by atoms with Crippen molar-refractivity contribution in [1.29, 1.82) is 0 Å². The zero-order valence-electron chi connectivity index (χ0n) is 10.1. The van der Waals surface area contributed by atoms with Crippen LogP contribution in [0.1, 0.15) is 28.6 Å². The van der Waals surface area contributed by atoms with Crippen LogP contribution in [0.4, 0.5) is 8.78 Å². The fraction of sp³-hybridized carbons (Fsp3) is 0.214. The summed E-state index contributed by atoms with van der Waals surface area (Å²) in [7, 11) is 0. The maximum atomic E-state index is 13.9. The summed E-state index contributed by atoms with van der Waals surface area (Å²) in [5.41, 5.74) is 0.852. The van der Waals surface area contributed by atoms with Crippen LogP contribution < -0.4 is 0 Å². The van der Waals surface area contributed by atoms with Crippen molar-refractivity contribution in [3.05, 3.63) is 64.5 Å². The first-order chi connectivity index (χ1) is 8.50. The van der Waals surface area contributed by atoms with Crippen LogP contribution in [0.15, 0.2) is 30.3 Å². The summed E-state index contributed by atoms with van der Waals surface area (Å²) in [6, 6.07) is 7.46. The van der Waals surface area contributed by atoms with Crippen molar-refractivity contribution in [2.75, 3.05) is 0 Å². The zero-order valence-corrected chi connectivity index (χ0v) is 10.1. The van der Waals surface area contributed by atoms with Crippen LogP contribution in [0.3, 0.4) is 0 Å². The molecule has 0 radical (unpaired) electrons. The average molecular weight is 249 g/mol. The predicted molar refractivity (Wildman–Crippen MR) is 64.1 cm³/mol. The maximum absolute atomic E-state index is 13.9. The van der Waals surface area contributed by atoms with Crippen molar-refractivity contribution in [3.63, 3.8) is 0 Å². The molecule has 0 aliphatic heterocycles. The van der Waals surface area contributed by atoms with Gasteiger partial charge >= 0.3 is 0 Å². The topological polar surface area (TPSA) is 33.1 Å². The number of aryl methyl sites for hydroxylation is 2. The van der Waals surface area contributed by atoms with E-state index in [2.05, 4.69) is 4.98 Å². The minimum absolute atomic E-state index is 0.235. The van der Waals surface area contributed by atoms with E-state index in [1.165, 1.54) is 13.0 Å². The number of hydrogen-bond donors (Lipinski definition) is 1. The van der Waals surface area contributed by atoms with Crippen LogP contribution in [0.2, 0.25) is 0 Å². The molecule has 2 aromatic rings. The third-order valence-electron chi connectivity index (χ3n) is 2.78. The highest BCUT2D eigenvalue weighted by Gasteiger charge is 2.22. The van der Waals surface area contributed by atoms with E-state index in [-0.39, 0.29) is 16.8 Å². The molecule has 0 spiro atoms. The number of benzene rings is 1. The molecule has 0 saturated carbocycles. The summed E-state index contributed by atoms with van der Waals surface area (Å²) in [6.45, 7) is 3.27. The van der Waals surface area contributed by atoms with Gasteiger partial charge in [0.25, 0.3) is 0 Å². The van der Waals surface area contributed by atoms with E-state index >= 15 is 0 Å². The number of aliphatic hydroxyl groups is 1. The molecule has 1 heterocycles. The molecule has 0 aliphatic carbocycles. The lowest BCUT2D eigenvalue weighted by Gasteiger charge is -2.14. The van der Waals surface area contributed by atoms with Crippen molar-refractivity contribution in [2.24, 2.45) is 0 Å². The summed E-state index contributed by atoms with van der Waals surface area (Å²) in [5, 5.41) is 10.1. The van der Waals surface area contributed by atoms with E-state index in [4.69, 9.17) is 0 Å². The molecule has 0 fully saturated rings. The summed E-state index contributed by atoms with van der Waals surface area (Å²) in [6.07, 6.45) is -1.40. The Bertz CT molecular complexity index is 584. The highest BCUT2D eigenvalue weighted by atomic mass is 19.1. The number of pyridine rings is 1. The van der Waals surface area contributed by atoms with Gasteiger partial charge in [-0.05, 0) is 37.6 Å². The summed E-state index contributed by atoms with van der Waals surface area (Å²) in [4.78, 5) is 4.08. The van der Waals surface area contributed by atoms with Gasteiger partial charge in [-0.25, -0.2) is 8.78 Å². The quantitative estimate of drug-likeness (QED) is 0.887. The first kappa shape index (κ1) is 12.6. The number of hydrogen-bond acceptors (Lipinski definition) is 2. The molecule has 1 N–H and O–H groups in total. The van der Waals surface area contributed by atoms with Crippen molar-refractivity contribution >= 4 is 0 Å². The van der Waals surface area contributed by atoms with Crippen molar-refractivity contribution in [3.8, 4) is 0 Å². The molecule has 1 atom stereocenters. The van der Waals surface area contributed by atoms with E-state index in [0.29, 0.717) is 5.69 Å². The monoisotopic (exact) mass is 249 g/mol. The second-order valence-corrected chi connectivity index (χ2v) is 4.20. The number of nitrogens with zero attached hydrogens (tertiary/aromatic N) is 1. The first-order valence-electron chi connectivity index (χ1n) is 5.57. The SMILES string of the molecule is Cc1cccc(C(O)c2c(F)ccc(C)c2F)n1. The van der Waals surface area contributed by atoms with Gasteiger partial charge < -0.3 is 5.11 Å². The van der Waals surface area contributed by atoms with Crippen LogP contribution >= 0.6 is 0 Å². The van der Waals surface area contributed by atoms with E-state index in [1.54, 1.807) is 25.1 Å². The Labute approximate surface area is 104 Å². The minimum Gasteiger partial charge on any atom is -0.382 e. The largest absolute Gasteiger partial charge is 0.382 e. The maximum Gasteiger partial charge on any atom is 0.135 e. The molecule has 1 unspecified atom stereocenters. The fourth-order valence-electron chi connectivity index (χ4n) is 1.79. The standard InChI is InChI=1S/C14H13F2NO/c1-8-6-7-10(15)12(13(8)16)14(18)11-5-3-4-9(2)17-11/h3-7,14,18H,1-2H3. The van der Waals surface area contributed by atoms with E-state index in [9.17, 15) is 13.9 Å². The Hall–Kier alpha value is -1.81. The lowest BCUT2D eigenvalue weighted by Crippen LogP contribution is -2.09. The Kier molecular flexibility index (Phi) is 3.39. The van der Waals surface area contributed by atoms with Crippen LogP contribution in [-0.2, 0) is 0 Å². The third kappa shape index (κ3) is 2.24. The fourth-order valence-corrected chi connectivity index (χ4v) is 1.79. The van der Waals surface area contributed by atoms with E-state index in [1.807, 2.05) is 0 Å². The second-order valence-electron chi connectivity index (χ2n) is 4.20. The molecule has 18 heavy (non-hydrogen) atoms. The molecule has 1 aromatic heterocycles. The molecular formula is C14H13F2NO. The molecule has 0 saturated heterocycles. The second kappa shape index (κ2) is 4.82. The smallest absolute Gasteiger partial charge is 0.135 e. The van der Waals surface area contributed by atoms with E-state index < -0.39 is 17.7 Å². The van der Waals surface area contributed by atoms with Crippen molar-refractivity contribution in [2.45, 2.75) is 20.0 Å². The molecule has 2 nitrogen and oxygen atoms in total. The van der Waals surface area contributed by atoms with Crippen molar-refractivity contribution < 1.29 is 13.9 Å². The summed E-state index contributed by atoms with van der Waals surface area (Å²) < 4.78 is 27.5. The Balaban J connectivity index is 2.52. The third-order valence-corrected chi connectivity index (χ3v) is 2.78. The van der Waals surface area contributed by atoms with Gasteiger partial charge in [0.15, 0.2) is 0 Å². The summed E-state index contributed by atoms with van der Waals surface area (Å²) >= 11 is 0. The lowest BCUT2D eigenvalue weighted by atomic mass is 10.0. The number of halogens is 2. The molecule has 1 aromatic carbocycles. The van der Waals surface area contributed by atoms with Gasteiger partial charge in [-0.15, -0.1) is 0 Å². The zero-order chi connectivity index (χ0) is 13.3. The van der Waals surface area contributed by atoms with Gasteiger partial charge in [0.2, 0.25) is 0 Å². The van der Waals surface area contributed by atoms with Crippen LogP contribution in [0.5, 0.6) is 0 Å². The van der Waals surface area contributed by atoms with Gasteiger partial charge in [-0.3, -0.25) is 4.98 Å². The van der Waals surface area contributed by atoms with Crippen LogP contribution in [-0.4, -0.2) is 10.1 Å². The Morgan fingerprint density at radius 2 is 1.83 bits per heavy atom. The van der Waals surface area contributed by atoms with Gasteiger partial charge in [0.1, 0.15) is 17.7 Å². The Morgan fingerprint density at radius 3 is 2.50 bits per heavy atom. The van der Waals surface area contributed by atoms with Gasteiger partial charge in [-0.2, -0.15) is 0 Å². The molecule has 4 heteroatoms. The number of aromatic nitrogens is 1. The highest BCUT2D eigenvalue weighted by molar-refractivity contribution is 5.33. The average Bonchev–Trinajstić information content (AvgIpc) is 2.34. The normalized spacial score (nSPS) is 12.5. The molecule has 0 amide bonds. The minimum atomic E-state index is -1.40. The van der Waals surface area contributed by atoms with Gasteiger partial charge in [0, 0.05) is 5.69 Å². The lowest BCUT2D eigenvalue weighted by molar-refractivity contribution is 0.204. The number of aliphatic hydroxyl groups excluding tert-OH is 1. The van der Waals surface area contributed by atoms with Crippen molar-refractivity contribution in [1.82, 2.24) is 4.98 Å². The molecule has 0 aliphatic rings. The van der Waals surface area contributed by atoms with E-state index in [0.717, 1.165) is 6.07 Å². The summed E-state index contributed by atoms with van der Waals surface area (Å²) in [5.74, 6) is -1.50. The van der Waals surface area contributed by atoms with Gasteiger partial charge in [0.05, 0.1) is 11.3 Å². The molecule has 94 valence electrons. The van der Waals surface area contributed by atoms with Crippen LogP contribution in [0.25, 0.3) is 0 Å². The Morgan fingerprint density at radius 1 is 1.11 bits per heavy atom. The highest BCUT2D eigenvalue weighted by Crippen LogP contribution is 2.27. The predicted octanol–water partition coefficient (Wildman–Crippen LogP) is 3.06. The van der Waals surface area contributed by atoms with Gasteiger partial charge in [-0.1, -0.05) is 12.1 Å². The molecular weight excluding hydrogens is 236 g/mol. The molecule has 2 rings (SSSR count). The van der Waals surface area contributed by atoms with Crippen LogP contribution in [0, 0.1) is 25.5 Å². The number of rotatable bonds is 2.